The van der Waals surface area contributed by atoms with Crippen LogP contribution in [0.15, 0.2) is 12.1 Å². The zero-order chi connectivity index (χ0) is 9.42. The average Bonchev–Trinajstić information content (AvgIpc) is 2.56. The molecule has 1 aliphatic heterocycles. The van der Waals surface area contributed by atoms with Crippen LogP contribution in [0.2, 0.25) is 0 Å². The van der Waals surface area contributed by atoms with E-state index in [4.69, 9.17) is 9.47 Å². The highest BCUT2D eigenvalue weighted by atomic mass is 16.7. The van der Waals surface area contributed by atoms with Crippen molar-refractivity contribution in [3.05, 3.63) is 34.4 Å². The van der Waals surface area contributed by atoms with Crippen molar-refractivity contribution in [1.29, 1.82) is 0 Å². The van der Waals surface area contributed by atoms with E-state index in [1.165, 1.54) is 22.3 Å². The van der Waals surface area contributed by atoms with E-state index < -0.39 is 0 Å². The third-order valence-electron chi connectivity index (χ3n) is 2.64. The zero-order valence-electron chi connectivity index (χ0n) is 8.26. The van der Waals surface area contributed by atoms with Crippen LogP contribution in [0.5, 0.6) is 0 Å². The highest BCUT2D eigenvalue weighted by Gasteiger charge is 2.25. The summed E-state index contributed by atoms with van der Waals surface area (Å²) in [5, 5.41) is 0. The van der Waals surface area contributed by atoms with Crippen molar-refractivity contribution >= 4 is 0 Å². The van der Waals surface area contributed by atoms with Crippen molar-refractivity contribution < 1.29 is 9.47 Å². The third kappa shape index (κ3) is 1.26. The Bertz CT molecular complexity index is 331. The van der Waals surface area contributed by atoms with E-state index in [2.05, 4.69) is 26.0 Å². The smallest absolute Gasteiger partial charge is 0.184 e. The van der Waals surface area contributed by atoms with E-state index in [0.717, 1.165) is 0 Å². The quantitative estimate of drug-likeness (QED) is 0.657. The van der Waals surface area contributed by atoms with Crippen molar-refractivity contribution in [1.82, 2.24) is 0 Å². The van der Waals surface area contributed by atoms with E-state index in [1.54, 1.807) is 7.11 Å². The van der Waals surface area contributed by atoms with Gasteiger partial charge in [-0.3, -0.25) is 0 Å². The Morgan fingerprint density at radius 2 is 2.00 bits per heavy atom. The van der Waals surface area contributed by atoms with Crippen molar-refractivity contribution in [2.45, 2.75) is 26.7 Å². The van der Waals surface area contributed by atoms with Gasteiger partial charge in [0.25, 0.3) is 0 Å². The van der Waals surface area contributed by atoms with Crippen LogP contribution >= 0.6 is 0 Å². The first kappa shape index (κ1) is 8.73. The molecular weight excluding hydrogens is 164 g/mol. The second kappa shape index (κ2) is 3.13. The zero-order valence-corrected chi connectivity index (χ0v) is 8.26. The lowest BCUT2D eigenvalue weighted by Gasteiger charge is -2.11. The van der Waals surface area contributed by atoms with Gasteiger partial charge < -0.3 is 9.47 Å². The standard InChI is InChI=1S/C11H14O2/c1-7-4-5-8(2)10-9(7)6-13-11(10)12-3/h4-5,11H,6H2,1-3H3. The van der Waals surface area contributed by atoms with Gasteiger partial charge in [-0.15, -0.1) is 0 Å². The highest BCUT2D eigenvalue weighted by molar-refractivity contribution is 5.42. The van der Waals surface area contributed by atoms with Crippen LogP contribution in [0.1, 0.15) is 28.5 Å². The number of hydrogen-bond acceptors (Lipinski definition) is 2. The van der Waals surface area contributed by atoms with Gasteiger partial charge in [0.05, 0.1) is 6.61 Å². The largest absolute Gasteiger partial charge is 0.352 e. The van der Waals surface area contributed by atoms with Gasteiger partial charge in [0.1, 0.15) is 0 Å². The molecule has 0 amide bonds. The first-order valence-electron chi connectivity index (χ1n) is 4.47. The average molecular weight is 178 g/mol. The predicted molar refractivity (Wildman–Crippen MR) is 50.5 cm³/mol. The molecule has 70 valence electrons. The lowest BCUT2D eigenvalue weighted by atomic mass is 9.99. The fourth-order valence-corrected chi connectivity index (χ4v) is 1.84. The molecule has 2 heteroatoms. The maximum atomic E-state index is 5.51. The Hall–Kier alpha value is -0.860. The molecule has 13 heavy (non-hydrogen) atoms. The van der Waals surface area contributed by atoms with Crippen LogP contribution in [0.4, 0.5) is 0 Å². The van der Waals surface area contributed by atoms with Gasteiger partial charge in [-0.05, 0) is 30.5 Å². The molecule has 1 heterocycles. The summed E-state index contributed by atoms with van der Waals surface area (Å²) in [5.41, 5.74) is 5.07. The lowest BCUT2D eigenvalue weighted by molar-refractivity contribution is -0.118. The molecule has 0 radical (unpaired) electrons. The summed E-state index contributed by atoms with van der Waals surface area (Å²) < 4.78 is 10.8. The minimum absolute atomic E-state index is 0.157. The molecule has 1 aromatic rings. The lowest BCUT2D eigenvalue weighted by Crippen LogP contribution is -2.00. The van der Waals surface area contributed by atoms with Gasteiger partial charge in [-0.25, -0.2) is 0 Å². The maximum absolute atomic E-state index is 5.51. The third-order valence-corrected chi connectivity index (χ3v) is 2.64. The van der Waals surface area contributed by atoms with Crippen molar-refractivity contribution in [2.24, 2.45) is 0 Å². The summed E-state index contributed by atoms with van der Waals surface area (Å²) in [7, 11) is 1.68. The number of benzene rings is 1. The summed E-state index contributed by atoms with van der Waals surface area (Å²) >= 11 is 0. The van der Waals surface area contributed by atoms with E-state index in [1.807, 2.05) is 0 Å². The molecule has 0 saturated carbocycles. The van der Waals surface area contributed by atoms with Gasteiger partial charge in [-0.2, -0.15) is 0 Å². The number of rotatable bonds is 1. The molecule has 2 nitrogen and oxygen atoms in total. The first-order valence-corrected chi connectivity index (χ1v) is 4.47. The van der Waals surface area contributed by atoms with Crippen LogP contribution < -0.4 is 0 Å². The summed E-state index contributed by atoms with van der Waals surface area (Å²) in [4.78, 5) is 0. The minimum atomic E-state index is -0.157. The number of methoxy groups -OCH3 is 1. The Labute approximate surface area is 78.5 Å². The van der Waals surface area contributed by atoms with Gasteiger partial charge in [0.2, 0.25) is 0 Å². The van der Waals surface area contributed by atoms with Gasteiger partial charge in [0.15, 0.2) is 6.29 Å². The molecule has 0 aromatic heterocycles. The second-order valence-electron chi connectivity index (χ2n) is 3.47. The molecule has 1 aromatic carbocycles. The molecule has 0 N–H and O–H groups in total. The van der Waals surface area contributed by atoms with Gasteiger partial charge in [0, 0.05) is 12.7 Å². The van der Waals surface area contributed by atoms with Crippen molar-refractivity contribution in [3.63, 3.8) is 0 Å². The van der Waals surface area contributed by atoms with Crippen LogP contribution in [0.25, 0.3) is 0 Å². The molecule has 0 saturated heterocycles. The molecular formula is C11H14O2. The Morgan fingerprint density at radius 3 is 2.69 bits per heavy atom. The summed E-state index contributed by atoms with van der Waals surface area (Å²) in [5.74, 6) is 0. The molecule has 1 atom stereocenters. The van der Waals surface area contributed by atoms with Crippen LogP contribution in [-0.2, 0) is 16.1 Å². The fourth-order valence-electron chi connectivity index (χ4n) is 1.84. The van der Waals surface area contributed by atoms with E-state index in [0.29, 0.717) is 6.61 Å². The molecule has 0 bridgehead atoms. The van der Waals surface area contributed by atoms with Crippen molar-refractivity contribution in [3.8, 4) is 0 Å². The second-order valence-corrected chi connectivity index (χ2v) is 3.47. The molecule has 0 aliphatic carbocycles. The number of ether oxygens (including phenoxy) is 2. The van der Waals surface area contributed by atoms with E-state index in [9.17, 15) is 0 Å². The Morgan fingerprint density at radius 1 is 1.31 bits per heavy atom. The molecule has 0 fully saturated rings. The van der Waals surface area contributed by atoms with Gasteiger partial charge >= 0.3 is 0 Å². The Balaban J connectivity index is 2.55. The molecule has 0 spiro atoms. The monoisotopic (exact) mass is 178 g/mol. The maximum Gasteiger partial charge on any atom is 0.184 e. The molecule has 1 unspecified atom stereocenters. The van der Waals surface area contributed by atoms with Crippen LogP contribution in [0, 0.1) is 13.8 Å². The summed E-state index contributed by atoms with van der Waals surface area (Å²) in [6, 6.07) is 4.25. The number of aryl methyl sites for hydroxylation is 2. The summed E-state index contributed by atoms with van der Waals surface area (Å²) in [6.45, 7) is 4.89. The normalized spacial score (nSPS) is 20.4. The Kier molecular flexibility index (Phi) is 2.10. The minimum Gasteiger partial charge on any atom is -0.352 e. The molecule has 1 aliphatic rings. The number of fused-ring (bicyclic) bond motifs is 1. The van der Waals surface area contributed by atoms with E-state index >= 15 is 0 Å². The number of hydrogen-bond donors (Lipinski definition) is 0. The summed E-state index contributed by atoms with van der Waals surface area (Å²) in [6.07, 6.45) is -0.157. The van der Waals surface area contributed by atoms with Crippen molar-refractivity contribution in [2.75, 3.05) is 7.11 Å². The van der Waals surface area contributed by atoms with Crippen LogP contribution in [-0.4, -0.2) is 7.11 Å². The molecule has 2 rings (SSSR count). The fraction of sp³-hybridized carbons (Fsp3) is 0.455. The van der Waals surface area contributed by atoms with E-state index in [-0.39, 0.29) is 6.29 Å². The highest BCUT2D eigenvalue weighted by Crippen LogP contribution is 2.35. The van der Waals surface area contributed by atoms with Crippen LogP contribution in [0.3, 0.4) is 0 Å². The first-order chi connectivity index (χ1) is 6.24. The predicted octanol–water partition coefficient (Wildman–Crippen LogP) is 2.48. The SMILES string of the molecule is COC1OCc2c(C)ccc(C)c21. The topological polar surface area (TPSA) is 18.5 Å². The van der Waals surface area contributed by atoms with Gasteiger partial charge in [-0.1, -0.05) is 12.1 Å².